The molecule has 1 N–H and O–H groups in total. The molecule has 2 aromatic rings. The molecule has 0 fully saturated rings. The van der Waals surface area contributed by atoms with Crippen molar-refractivity contribution in [3.05, 3.63) is 65.2 Å². The first-order valence-electron chi connectivity index (χ1n) is 6.41. The second kappa shape index (κ2) is 6.18. The van der Waals surface area contributed by atoms with E-state index in [0.717, 1.165) is 17.7 Å². The van der Waals surface area contributed by atoms with E-state index in [-0.39, 0.29) is 12.4 Å². The number of aryl methyl sites for hydroxylation is 1. The molecular formula is C16H15F3O2. The van der Waals surface area contributed by atoms with Crippen LogP contribution in [0.3, 0.4) is 0 Å². The van der Waals surface area contributed by atoms with Crippen LogP contribution in [0.25, 0.3) is 0 Å². The van der Waals surface area contributed by atoms with Crippen LogP contribution in [-0.4, -0.2) is 11.7 Å². The van der Waals surface area contributed by atoms with Gasteiger partial charge in [0.1, 0.15) is 18.5 Å². The van der Waals surface area contributed by atoms with E-state index < -0.39 is 17.8 Å². The number of alkyl halides is 3. The van der Waals surface area contributed by atoms with Crippen molar-refractivity contribution in [1.82, 2.24) is 0 Å². The van der Waals surface area contributed by atoms with Crippen LogP contribution in [0.15, 0.2) is 48.5 Å². The summed E-state index contributed by atoms with van der Waals surface area (Å²) in [6.07, 6.45) is -5.19. The number of aliphatic hydroxyl groups is 1. The summed E-state index contributed by atoms with van der Waals surface area (Å²) in [6, 6.07) is 11.7. The standard InChI is InChI=1S/C16H15F3O2/c1-11-2-4-12(5-3-11)15(20)10-21-14-8-6-13(7-9-14)16(17,18)19/h2-9,15,20H,10H2,1H3. The molecule has 0 saturated carbocycles. The molecule has 0 aliphatic rings. The first-order valence-corrected chi connectivity index (χ1v) is 6.41. The summed E-state index contributed by atoms with van der Waals surface area (Å²) >= 11 is 0. The Morgan fingerprint density at radius 1 is 1.00 bits per heavy atom. The van der Waals surface area contributed by atoms with E-state index in [0.29, 0.717) is 5.56 Å². The summed E-state index contributed by atoms with van der Waals surface area (Å²) in [5.74, 6) is 0.286. The van der Waals surface area contributed by atoms with Crippen molar-refractivity contribution >= 4 is 0 Å². The Morgan fingerprint density at radius 3 is 2.10 bits per heavy atom. The third kappa shape index (κ3) is 4.23. The van der Waals surface area contributed by atoms with Crippen LogP contribution < -0.4 is 4.74 Å². The average Bonchev–Trinajstić information content (AvgIpc) is 2.45. The molecule has 112 valence electrons. The Hall–Kier alpha value is -2.01. The fourth-order valence-electron chi connectivity index (χ4n) is 1.80. The van der Waals surface area contributed by atoms with E-state index in [2.05, 4.69) is 0 Å². The number of hydrogen-bond acceptors (Lipinski definition) is 2. The van der Waals surface area contributed by atoms with Gasteiger partial charge in [-0.25, -0.2) is 0 Å². The zero-order chi connectivity index (χ0) is 15.5. The Morgan fingerprint density at radius 2 is 1.57 bits per heavy atom. The third-order valence-electron chi connectivity index (χ3n) is 3.05. The van der Waals surface area contributed by atoms with E-state index in [1.165, 1.54) is 12.1 Å². The lowest BCUT2D eigenvalue weighted by Crippen LogP contribution is -2.10. The van der Waals surface area contributed by atoms with Crippen molar-refractivity contribution in [2.45, 2.75) is 19.2 Å². The van der Waals surface area contributed by atoms with Gasteiger partial charge < -0.3 is 9.84 Å². The SMILES string of the molecule is Cc1ccc(C(O)COc2ccc(C(F)(F)F)cc2)cc1. The molecule has 0 aliphatic carbocycles. The topological polar surface area (TPSA) is 29.5 Å². The second-order valence-corrected chi connectivity index (χ2v) is 4.76. The summed E-state index contributed by atoms with van der Waals surface area (Å²) < 4.78 is 42.5. The van der Waals surface area contributed by atoms with E-state index in [9.17, 15) is 18.3 Å². The lowest BCUT2D eigenvalue weighted by Gasteiger charge is -2.13. The molecule has 21 heavy (non-hydrogen) atoms. The third-order valence-corrected chi connectivity index (χ3v) is 3.05. The van der Waals surface area contributed by atoms with Gasteiger partial charge in [-0.05, 0) is 36.8 Å². The van der Waals surface area contributed by atoms with Gasteiger partial charge in [-0.15, -0.1) is 0 Å². The van der Waals surface area contributed by atoms with Crippen molar-refractivity contribution in [2.75, 3.05) is 6.61 Å². The van der Waals surface area contributed by atoms with Crippen molar-refractivity contribution in [1.29, 1.82) is 0 Å². The molecule has 0 heterocycles. The normalized spacial score (nSPS) is 13.0. The fourth-order valence-corrected chi connectivity index (χ4v) is 1.80. The number of aliphatic hydroxyl groups excluding tert-OH is 1. The minimum absolute atomic E-state index is 0.0194. The minimum atomic E-state index is -4.36. The van der Waals surface area contributed by atoms with Gasteiger partial charge in [0.05, 0.1) is 5.56 Å². The van der Waals surface area contributed by atoms with Crippen LogP contribution in [0.1, 0.15) is 22.8 Å². The van der Waals surface area contributed by atoms with Gasteiger partial charge in [0.2, 0.25) is 0 Å². The first-order chi connectivity index (χ1) is 9.86. The quantitative estimate of drug-likeness (QED) is 0.919. The Labute approximate surface area is 120 Å². The van der Waals surface area contributed by atoms with Gasteiger partial charge in [0.25, 0.3) is 0 Å². The van der Waals surface area contributed by atoms with Crippen molar-refractivity contribution < 1.29 is 23.0 Å². The van der Waals surface area contributed by atoms with Crippen molar-refractivity contribution in [3.8, 4) is 5.75 Å². The molecule has 2 nitrogen and oxygen atoms in total. The number of halogens is 3. The van der Waals surface area contributed by atoms with Gasteiger partial charge in [-0.1, -0.05) is 29.8 Å². The molecule has 0 saturated heterocycles. The maximum Gasteiger partial charge on any atom is 0.416 e. The monoisotopic (exact) mass is 296 g/mol. The molecule has 0 aliphatic heterocycles. The fraction of sp³-hybridized carbons (Fsp3) is 0.250. The lowest BCUT2D eigenvalue weighted by atomic mass is 10.1. The Bertz CT molecular complexity index is 574. The number of rotatable bonds is 4. The second-order valence-electron chi connectivity index (χ2n) is 4.76. The largest absolute Gasteiger partial charge is 0.491 e. The molecule has 0 radical (unpaired) electrons. The molecule has 1 atom stereocenters. The van der Waals surface area contributed by atoms with Crippen molar-refractivity contribution in [3.63, 3.8) is 0 Å². The maximum atomic E-state index is 12.4. The molecule has 2 rings (SSSR count). The number of ether oxygens (including phenoxy) is 1. The molecule has 2 aromatic carbocycles. The van der Waals surface area contributed by atoms with Crippen LogP contribution in [0.2, 0.25) is 0 Å². The van der Waals surface area contributed by atoms with Gasteiger partial charge in [0, 0.05) is 0 Å². The predicted octanol–water partition coefficient (Wildman–Crippen LogP) is 4.13. The summed E-state index contributed by atoms with van der Waals surface area (Å²) in [5.41, 5.74) is 1.05. The maximum absolute atomic E-state index is 12.4. The molecule has 0 spiro atoms. The summed E-state index contributed by atoms with van der Waals surface area (Å²) in [5, 5.41) is 9.95. The molecule has 5 heteroatoms. The average molecular weight is 296 g/mol. The highest BCUT2D eigenvalue weighted by Crippen LogP contribution is 2.30. The van der Waals surface area contributed by atoms with Crippen LogP contribution in [0.5, 0.6) is 5.75 Å². The van der Waals surface area contributed by atoms with Crippen LogP contribution >= 0.6 is 0 Å². The molecular weight excluding hydrogens is 281 g/mol. The molecule has 0 bridgehead atoms. The highest BCUT2D eigenvalue weighted by atomic mass is 19.4. The van der Waals surface area contributed by atoms with E-state index in [1.54, 1.807) is 12.1 Å². The predicted molar refractivity (Wildman–Crippen MR) is 73.1 cm³/mol. The zero-order valence-corrected chi connectivity index (χ0v) is 11.4. The smallest absolute Gasteiger partial charge is 0.416 e. The summed E-state index contributed by atoms with van der Waals surface area (Å²) in [6.45, 7) is 1.92. The highest BCUT2D eigenvalue weighted by molar-refractivity contribution is 5.29. The lowest BCUT2D eigenvalue weighted by molar-refractivity contribution is -0.137. The molecule has 0 aromatic heterocycles. The van der Waals surface area contributed by atoms with Crippen LogP contribution in [0.4, 0.5) is 13.2 Å². The van der Waals surface area contributed by atoms with Crippen molar-refractivity contribution in [2.24, 2.45) is 0 Å². The minimum Gasteiger partial charge on any atom is -0.491 e. The van der Waals surface area contributed by atoms with Crippen LogP contribution in [0, 0.1) is 6.92 Å². The van der Waals surface area contributed by atoms with E-state index >= 15 is 0 Å². The molecule has 0 amide bonds. The van der Waals surface area contributed by atoms with Gasteiger partial charge in [-0.3, -0.25) is 0 Å². The Balaban J connectivity index is 1.95. The van der Waals surface area contributed by atoms with E-state index in [1.807, 2.05) is 19.1 Å². The number of hydrogen-bond donors (Lipinski definition) is 1. The Kier molecular flexibility index (Phi) is 4.53. The summed E-state index contributed by atoms with van der Waals surface area (Å²) in [7, 11) is 0. The van der Waals surface area contributed by atoms with Gasteiger partial charge >= 0.3 is 6.18 Å². The highest BCUT2D eigenvalue weighted by Gasteiger charge is 2.30. The first kappa shape index (κ1) is 15.4. The van der Waals surface area contributed by atoms with Crippen LogP contribution in [-0.2, 0) is 6.18 Å². The molecule has 1 unspecified atom stereocenters. The zero-order valence-electron chi connectivity index (χ0n) is 11.4. The van der Waals surface area contributed by atoms with E-state index in [4.69, 9.17) is 4.74 Å². The number of benzene rings is 2. The van der Waals surface area contributed by atoms with Gasteiger partial charge in [-0.2, -0.15) is 13.2 Å². The summed E-state index contributed by atoms with van der Waals surface area (Å²) in [4.78, 5) is 0. The van der Waals surface area contributed by atoms with Gasteiger partial charge in [0.15, 0.2) is 0 Å².